The number of aryl methyl sites for hydroxylation is 1. The Hall–Kier alpha value is -1.42. The number of thiocarbonyl (C=S) groups is 1. The van der Waals surface area contributed by atoms with Gasteiger partial charge in [-0.1, -0.05) is 38.2 Å². The topological polar surface area (TPSA) is 55.1 Å². The summed E-state index contributed by atoms with van der Waals surface area (Å²) in [6.45, 7) is 5.84. The Kier molecular flexibility index (Phi) is 4.63. The van der Waals surface area contributed by atoms with E-state index in [0.29, 0.717) is 0 Å². The van der Waals surface area contributed by atoms with Gasteiger partial charge < -0.3 is 11.1 Å². The van der Waals surface area contributed by atoms with E-state index >= 15 is 0 Å². The lowest BCUT2D eigenvalue weighted by Crippen LogP contribution is -2.36. The van der Waals surface area contributed by atoms with Crippen LogP contribution in [0.2, 0.25) is 0 Å². The molecule has 0 saturated carbocycles. The Morgan fingerprint density at radius 1 is 1.41 bits per heavy atom. The van der Waals surface area contributed by atoms with Crippen molar-refractivity contribution in [1.82, 2.24) is 0 Å². The third kappa shape index (κ3) is 3.82. The van der Waals surface area contributed by atoms with E-state index in [9.17, 15) is 4.79 Å². The normalized spacial score (nSPS) is 12.2. The van der Waals surface area contributed by atoms with Gasteiger partial charge in [0.05, 0.1) is 10.9 Å². The van der Waals surface area contributed by atoms with E-state index in [1.807, 2.05) is 45.0 Å². The van der Waals surface area contributed by atoms with Crippen molar-refractivity contribution < 1.29 is 4.79 Å². The molecule has 3 N–H and O–H groups in total. The van der Waals surface area contributed by atoms with Crippen molar-refractivity contribution in [1.29, 1.82) is 0 Å². The van der Waals surface area contributed by atoms with Gasteiger partial charge in [-0.3, -0.25) is 4.79 Å². The summed E-state index contributed by atoms with van der Waals surface area (Å²) >= 11 is 4.93. The Labute approximate surface area is 107 Å². The molecular weight excluding hydrogens is 232 g/mol. The van der Waals surface area contributed by atoms with Gasteiger partial charge in [-0.15, -0.1) is 0 Å². The minimum atomic E-state index is -0.425. The second-order valence-corrected chi connectivity index (χ2v) is 4.95. The first-order valence-corrected chi connectivity index (χ1v) is 5.99. The number of anilines is 1. The van der Waals surface area contributed by atoms with E-state index in [0.717, 1.165) is 11.3 Å². The summed E-state index contributed by atoms with van der Waals surface area (Å²) in [6, 6.07) is 7.63. The quantitative estimate of drug-likeness (QED) is 0.807. The Bertz CT molecular complexity index is 429. The summed E-state index contributed by atoms with van der Waals surface area (Å²) < 4.78 is 0. The summed E-state index contributed by atoms with van der Waals surface area (Å²) in [4.78, 5) is 12.3. The number of carbonyl (C=O) groups excluding carboxylic acids is 1. The molecule has 17 heavy (non-hydrogen) atoms. The van der Waals surface area contributed by atoms with Crippen LogP contribution in [0.3, 0.4) is 0 Å². The van der Waals surface area contributed by atoms with E-state index in [2.05, 4.69) is 5.32 Å². The molecule has 0 heterocycles. The summed E-state index contributed by atoms with van der Waals surface area (Å²) in [5.41, 5.74) is 7.46. The van der Waals surface area contributed by atoms with Gasteiger partial charge in [-0.2, -0.15) is 0 Å². The zero-order valence-electron chi connectivity index (χ0n) is 10.4. The molecule has 1 rings (SSSR count). The average molecular weight is 250 g/mol. The molecule has 0 radical (unpaired) electrons. The van der Waals surface area contributed by atoms with Crippen molar-refractivity contribution in [3.05, 3.63) is 29.8 Å². The van der Waals surface area contributed by atoms with Gasteiger partial charge in [-0.05, 0) is 30.5 Å². The maximum atomic E-state index is 12.0. The van der Waals surface area contributed by atoms with Crippen molar-refractivity contribution in [2.75, 3.05) is 5.32 Å². The Balaban J connectivity index is 2.81. The van der Waals surface area contributed by atoms with Crippen molar-refractivity contribution in [2.45, 2.75) is 20.8 Å². The van der Waals surface area contributed by atoms with E-state index in [1.165, 1.54) is 0 Å². The van der Waals surface area contributed by atoms with Crippen LogP contribution in [-0.2, 0) is 4.79 Å². The van der Waals surface area contributed by atoms with Crippen LogP contribution in [0, 0.1) is 18.8 Å². The van der Waals surface area contributed by atoms with Crippen LogP contribution in [0.25, 0.3) is 0 Å². The second kappa shape index (κ2) is 5.77. The first-order valence-electron chi connectivity index (χ1n) is 5.58. The molecule has 0 aliphatic rings. The highest BCUT2D eigenvalue weighted by atomic mass is 32.1. The number of hydrogen-bond donors (Lipinski definition) is 2. The maximum absolute atomic E-state index is 12.0. The highest BCUT2D eigenvalue weighted by molar-refractivity contribution is 7.80. The van der Waals surface area contributed by atoms with Crippen LogP contribution >= 0.6 is 12.2 Å². The van der Waals surface area contributed by atoms with Gasteiger partial charge in [0.1, 0.15) is 0 Å². The third-order valence-electron chi connectivity index (χ3n) is 2.54. The zero-order chi connectivity index (χ0) is 13.0. The van der Waals surface area contributed by atoms with Crippen LogP contribution < -0.4 is 11.1 Å². The molecular formula is C13H18N2OS. The van der Waals surface area contributed by atoms with Crippen LogP contribution in [-0.4, -0.2) is 10.9 Å². The van der Waals surface area contributed by atoms with Crippen LogP contribution in [0.15, 0.2) is 24.3 Å². The molecule has 1 aromatic rings. The average Bonchev–Trinajstić information content (AvgIpc) is 2.15. The summed E-state index contributed by atoms with van der Waals surface area (Å²) in [5, 5.41) is 2.84. The zero-order valence-corrected chi connectivity index (χ0v) is 11.2. The fourth-order valence-corrected chi connectivity index (χ4v) is 2.08. The number of rotatable bonds is 4. The van der Waals surface area contributed by atoms with E-state index < -0.39 is 5.92 Å². The van der Waals surface area contributed by atoms with E-state index in [-0.39, 0.29) is 16.8 Å². The van der Waals surface area contributed by atoms with Gasteiger partial charge in [0.2, 0.25) is 5.91 Å². The van der Waals surface area contributed by atoms with Crippen molar-refractivity contribution >= 4 is 28.8 Å². The first kappa shape index (κ1) is 13.6. The molecule has 1 atom stereocenters. The molecule has 0 aliphatic carbocycles. The number of benzene rings is 1. The van der Waals surface area contributed by atoms with Gasteiger partial charge in [0.25, 0.3) is 0 Å². The van der Waals surface area contributed by atoms with E-state index in [1.54, 1.807) is 0 Å². The lowest BCUT2D eigenvalue weighted by Gasteiger charge is -2.18. The molecule has 4 heteroatoms. The van der Waals surface area contributed by atoms with Gasteiger partial charge in [0.15, 0.2) is 0 Å². The summed E-state index contributed by atoms with van der Waals surface area (Å²) in [6.07, 6.45) is 0. The molecule has 0 spiro atoms. The maximum Gasteiger partial charge on any atom is 0.234 e. The highest BCUT2D eigenvalue weighted by Gasteiger charge is 2.24. The molecule has 0 aromatic heterocycles. The van der Waals surface area contributed by atoms with Gasteiger partial charge >= 0.3 is 0 Å². The standard InChI is InChI=1S/C13H18N2OS/c1-8(2)11(12(14)17)13(16)15-10-6-4-5-9(3)7-10/h4-8,11H,1-3H3,(H2,14,17)(H,15,16). The SMILES string of the molecule is Cc1cccc(NC(=O)C(C(N)=S)C(C)C)c1. The van der Waals surface area contributed by atoms with Gasteiger partial charge in [0, 0.05) is 5.69 Å². The first-order chi connectivity index (χ1) is 7.91. The molecule has 1 amide bonds. The van der Waals surface area contributed by atoms with E-state index in [4.69, 9.17) is 18.0 Å². The molecule has 1 aromatic carbocycles. The largest absolute Gasteiger partial charge is 0.393 e. The number of nitrogens with one attached hydrogen (secondary N) is 1. The predicted molar refractivity (Wildman–Crippen MR) is 74.9 cm³/mol. The summed E-state index contributed by atoms with van der Waals surface area (Å²) in [5.74, 6) is -0.471. The van der Waals surface area contributed by atoms with Crippen LogP contribution in [0.5, 0.6) is 0 Å². The Morgan fingerprint density at radius 2 is 2.06 bits per heavy atom. The number of nitrogens with two attached hydrogens (primary N) is 1. The monoisotopic (exact) mass is 250 g/mol. The molecule has 0 saturated heterocycles. The number of amides is 1. The molecule has 0 bridgehead atoms. The second-order valence-electron chi connectivity index (χ2n) is 4.48. The number of carbonyl (C=O) groups is 1. The highest BCUT2D eigenvalue weighted by Crippen LogP contribution is 2.16. The predicted octanol–water partition coefficient (Wildman–Crippen LogP) is 2.49. The number of hydrogen-bond acceptors (Lipinski definition) is 2. The lowest BCUT2D eigenvalue weighted by atomic mass is 9.95. The lowest BCUT2D eigenvalue weighted by molar-refractivity contribution is -0.118. The molecule has 3 nitrogen and oxygen atoms in total. The minimum absolute atomic E-state index is 0.0947. The fraction of sp³-hybridized carbons (Fsp3) is 0.385. The van der Waals surface area contributed by atoms with Crippen LogP contribution in [0.1, 0.15) is 19.4 Å². The van der Waals surface area contributed by atoms with Crippen molar-refractivity contribution in [2.24, 2.45) is 17.6 Å². The molecule has 0 aliphatic heterocycles. The molecule has 0 fully saturated rings. The Morgan fingerprint density at radius 3 is 2.53 bits per heavy atom. The molecule has 92 valence electrons. The minimum Gasteiger partial charge on any atom is -0.393 e. The van der Waals surface area contributed by atoms with Crippen molar-refractivity contribution in [3.8, 4) is 0 Å². The summed E-state index contributed by atoms with van der Waals surface area (Å²) in [7, 11) is 0. The van der Waals surface area contributed by atoms with Gasteiger partial charge in [-0.25, -0.2) is 0 Å². The molecule has 1 unspecified atom stereocenters. The smallest absolute Gasteiger partial charge is 0.234 e. The fourth-order valence-electron chi connectivity index (χ4n) is 1.70. The third-order valence-corrected chi connectivity index (χ3v) is 2.80. The van der Waals surface area contributed by atoms with Crippen LogP contribution in [0.4, 0.5) is 5.69 Å². The van der Waals surface area contributed by atoms with Crippen molar-refractivity contribution in [3.63, 3.8) is 0 Å².